The van der Waals surface area contributed by atoms with Gasteiger partial charge in [0.2, 0.25) is 5.65 Å². The van der Waals surface area contributed by atoms with E-state index in [-0.39, 0.29) is 5.82 Å². The Balaban J connectivity index is 1.86. The second-order valence-electron chi connectivity index (χ2n) is 3.93. The molecule has 0 saturated heterocycles. The summed E-state index contributed by atoms with van der Waals surface area (Å²) in [5.74, 6) is 0.338. The van der Waals surface area contributed by atoms with Crippen LogP contribution in [0.1, 0.15) is 5.56 Å². The van der Waals surface area contributed by atoms with Crippen LogP contribution in [0.4, 0.5) is 10.2 Å². The predicted molar refractivity (Wildman–Crippen MR) is 72.2 cm³/mol. The van der Waals surface area contributed by atoms with Crippen molar-refractivity contribution in [2.45, 2.75) is 6.54 Å². The summed E-state index contributed by atoms with van der Waals surface area (Å²) in [6.07, 6.45) is 5.01. The van der Waals surface area contributed by atoms with Gasteiger partial charge in [-0.15, -0.1) is 10.2 Å². The van der Waals surface area contributed by atoms with Crippen molar-refractivity contribution in [3.05, 3.63) is 52.8 Å². The Morgan fingerprint density at radius 1 is 1.37 bits per heavy atom. The minimum Gasteiger partial charge on any atom is -0.363 e. The number of rotatable bonds is 3. The van der Waals surface area contributed by atoms with Crippen molar-refractivity contribution in [3.63, 3.8) is 0 Å². The molecule has 96 valence electrons. The summed E-state index contributed by atoms with van der Waals surface area (Å²) < 4.78 is 15.8. The first-order valence-electron chi connectivity index (χ1n) is 5.56. The summed E-state index contributed by atoms with van der Waals surface area (Å²) in [7, 11) is 0. The third-order valence-electron chi connectivity index (χ3n) is 2.67. The fraction of sp³-hybridized carbons (Fsp3) is 0.0833. The van der Waals surface area contributed by atoms with Gasteiger partial charge >= 0.3 is 0 Å². The van der Waals surface area contributed by atoms with Crippen molar-refractivity contribution >= 4 is 27.4 Å². The molecule has 0 radical (unpaired) electrons. The molecule has 2 heterocycles. The first-order valence-corrected chi connectivity index (χ1v) is 6.35. The van der Waals surface area contributed by atoms with Crippen LogP contribution in [0.25, 0.3) is 5.65 Å². The van der Waals surface area contributed by atoms with Gasteiger partial charge in [-0.3, -0.25) is 4.40 Å². The van der Waals surface area contributed by atoms with Crippen LogP contribution in [-0.2, 0) is 6.54 Å². The van der Waals surface area contributed by atoms with E-state index in [1.54, 1.807) is 29.2 Å². The number of nitrogens with one attached hydrogen (secondary N) is 1. The maximum Gasteiger partial charge on any atom is 0.203 e. The highest BCUT2D eigenvalue weighted by Crippen LogP contribution is 2.19. The van der Waals surface area contributed by atoms with Crippen molar-refractivity contribution in [1.82, 2.24) is 19.6 Å². The van der Waals surface area contributed by atoms with Crippen molar-refractivity contribution in [3.8, 4) is 0 Å². The zero-order valence-corrected chi connectivity index (χ0v) is 11.3. The molecule has 19 heavy (non-hydrogen) atoms. The smallest absolute Gasteiger partial charge is 0.203 e. The van der Waals surface area contributed by atoms with Gasteiger partial charge in [0.25, 0.3) is 0 Å². The standard InChI is InChI=1S/C12H9BrFN5/c13-10-2-1-9(14)5-8(10)6-16-11-12-18-17-7-19(12)4-3-15-11/h1-5,7H,6H2,(H,15,16). The molecule has 7 heteroatoms. The Labute approximate surface area is 116 Å². The molecule has 0 bridgehead atoms. The lowest BCUT2D eigenvalue weighted by Crippen LogP contribution is -2.04. The summed E-state index contributed by atoms with van der Waals surface area (Å²) in [6, 6.07) is 4.56. The van der Waals surface area contributed by atoms with Crippen LogP contribution in [0.5, 0.6) is 0 Å². The highest BCUT2D eigenvalue weighted by Gasteiger charge is 2.06. The van der Waals surface area contributed by atoms with Crippen molar-refractivity contribution in [1.29, 1.82) is 0 Å². The number of benzene rings is 1. The number of fused-ring (bicyclic) bond motifs is 1. The van der Waals surface area contributed by atoms with E-state index in [9.17, 15) is 4.39 Å². The molecule has 5 nitrogen and oxygen atoms in total. The number of hydrogen-bond donors (Lipinski definition) is 1. The molecule has 3 aromatic rings. The topological polar surface area (TPSA) is 55.1 Å². The molecule has 0 aliphatic carbocycles. The van der Waals surface area contributed by atoms with Crippen molar-refractivity contribution in [2.24, 2.45) is 0 Å². The molecule has 0 amide bonds. The number of nitrogens with zero attached hydrogens (tertiary/aromatic N) is 4. The molecule has 1 aromatic carbocycles. The van der Waals surface area contributed by atoms with E-state index in [0.717, 1.165) is 10.0 Å². The zero-order valence-electron chi connectivity index (χ0n) is 9.72. The minimum atomic E-state index is -0.270. The number of aromatic nitrogens is 4. The van der Waals surface area contributed by atoms with Crippen LogP contribution in [0.2, 0.25) is 0 Å². The molecule has 1 N–H and O–H groups in total. The van der Waals surface area contributed by atoms with E-state index in [1.165, 1.54) is 12.1 Å². The molecule has 3 rings (SSSR count). The van der Waals surface area contributed by atoms with Crippen LogP contribution >= 0.6 is 15.9 Å². The lowest BCUT2D eigenvalue weighted by Gasteiger charge is -2.08. The van der Waals surface area contributed by atoms with Crippen LogP contribution in [0.3, 0.4) is 0 Å². The van der Waals surface area contributed by atoms with Gasteiger partial charge in [0, 0.05) is 23.4 Å². The summed E-state index contributed by atoms with van der Waals surface area (Å²) >= 11 is 3.39. The molecule has 2 aromatic heterocycles. The lowest BCUT2D eigenvalue weighted by atomic mass is 10.2. The summed E-state index contributed by atoms with van der Waals surface area (Å²) in [5, 5.41) is 10.9. The monoisotopic (exact) mass is 321 g/mol. The van der Waals surface area contributed by atoms with Crippen molar-refractivity contribution < 1.29 is 4.39 Å². The van der Waals surface area contributed by atoms with Gasteiger partial charge < -0.3 is 5.32 Å². The van der Waals surface area contributed by atoms with Gasteiger partial charge in [-0.2, -0.15) is 0 Å². The molecule has 0 spiro atoms. The number of anilines is 1. The van der Waals surface area contributed by atoms with Gasteiger partial charge in [-0.05, 0) is 23.8 Å². The second-order valence-corrected chi connectivity index (χ2v) is 4.78. The Morgan fingerprint density at radius 3 is 3.16 bits per heavy atom. The summed E-state index contributed by atoms with van der Waals surface area (Å²) in [6.45, 7) is 0.442. The van der Waals surface area contributed by atoms with Crippen LogP contribution < -0.4 is 5.32 Å². The van der Waals surface area contributed by atoms with E-state index in [0.29, 0.717) is 18.0 Å². The predicted octanol–water partition coefficient (Wildman–Crippen LogP) is 2.64. The average Bonchev–Trinajstić information content (AvgIpc) is 2.88. The van der Waals surface area contributed by atoms with Gasteiger partial charge in [-0.1, -0.05) is 15.9 Å². The fourth-order valence-corrected chi connectivity index (χ4v) is 2.13. The van der Waals surface area contributed by atoms with Gasteiger partial charge in [0.1, 0.15) is 12.1 Å². The van der Waals surface area contributed by atoms with E-state index >= 15 is 0 Å². The third-order valence-corrected chi connectivity index (χ3v) is 3.44. The van der Waals surface area contributed by atoms with E-state index in [2.05, 4.69) is 36.4 Å². The summed E-state index contributed by atoms with van der Waals surface area (Å²) in [4.78, 5) is 4.20. The highest BCUT2D eigenvalue weighted by molar-refractivity contribution is 9.10. The normalized spacial score (nSPS) is 10.8. The molecule has 0 aliphatic heterocycles. The van der Waals surface area contributed by atoms with Crippen LogP contribution in [-0.4, -0.2) is 19.6 Å². The fourth-order valence-electron chi connectivity index (χ4n) is 1.74. The second kappa shape index (κ2) is 4.93. The highest BCUT2D eigenvalue weighted by atomic mass is 79.9. The molecule has 0 unspecified atom stereocenters. The molecule has 0 atom stereocenters. The van der Waals surface area contributed by atoms with Gasteiger partial charge in [0.05, 0.1) is 0 Å². The Hall–Kier alpha value is -2.02. The largest absolute Gasteiger partial charge is 0.363 e. The molecule has 0 fully saturated rings. The minimum absolute atomic E-state index is 0.270. The number of hydrogen-bond acceptors (Lipinski definition) is 4. The first kappa shape index (κ1) is 12.0. The molecule has 0 saturated carbocycles. The Bertz CT molecular complexity index is 727. The molecule has 0 aliphatic rings. The van der Waals surface area contributed by atoms with Crippen molar-refractivity contribution in [2.75, 3.05) is 5.32 Å². The van der Waals surface area contributed by atoms with Crippen LogP contribution in [0.15, 0.2) is 41.4 Å². The maximum absolute atomic E-state index is 13.2. The van der Waals surface area contributed by atoms with E-state index in [4.69, 9.17) is 0 Å². The molecular weight excluding hydrogens is 313 g/mol. The zero-order chi connectivity index (χ0) is 13.2. The van der Waals surface area contributed by atoms with Crippen LogP contribution in [0, 0.1) is 5.82 Å². The average molecular weight is 322 g/mol. The third kappa shape index (κ3) is 2.41. The summed E-state index contributed by atoms with van der Waals surface area (Å²) in [5.41, 5.74) is 1.44. The molecular formula is C12H9BrFN5. The first-order chi connectivity index (χ1) is 9.24. The Kier molecular flexibility index (Phi) is 3.12. The Morgan fingerprint density at radius 2 is 2.26 bits per heavy atom. The van der Waals surface area contributed by atoms with E-state index < -0.39 is 0 Å². The lowest BCUT2D eigenvalue weighted by molar-refractivity contribution is 0.625. The quantitative estimate of drug-likeness (QED) is 0.805. The van der Waals surface area contributed by atoms with Gasteiger partial charge in [0.15, 0.2) is 5.82 Å². The number of halogens is 2. The van der Waals surface area contributed by atoms with Gasteiger partial charge in [-0.25, -0.2) is 9.37 Å². The van der Waals surface area contributed by atoms with E-state index in [1.807, 2.05) is 0 Å². The maximum atomic E-state index is 13.2. The SMILES string of the molecule is Fc1ccc(Br)c(CNc2nccn3cnnc23)c1.